The topological polar surface area (TPSA) is 47.6 Å². The van der Waals surface area contributed by atoms with E-state index in [0.717, 1.165) is 41.9 Å². The van der Waals surface area contributed by atoms with E-state index in [9.17, 15) is 4.79 Å². The van der Waals surface area contributed by atoms with Crippen LogP contribution in [0.4, 0.5) is 0 Å². The maximum absolute atomic E-state index is 12.6. The Balaban J connectivity index is 1.75. The predicted molar refractivity (Wildman–Crippen MR) is 103 cm³/mol. The summed E-state index contributed by atoms with van der Waals surface area (Å²) in [5, 5.41) is 3.23. The Morgan fingerprint density at radius 1 is 1.15 bits per heavy atom. The summed E-state index contributed by atoms with van der Waals surface area (Å²) in [6, 6.07) is 15.6. The minimum Gasteiger partial charge on any atom is -0.497 e. The Hall–Kier alpha value is -2.49. The molecule has 0 radical (unpaired) electrons. The molecule has 0 fully saturated rings. The summed E-state index contributed by atoms with van der Waals surface area (Å²) in [5.41, 5.74) is 1.82. The van der Waals surface area contributed by atoms with Crippen molar-refractivity contribution in [3.8, 4) is 11.5 Å². The third kappa shape index (κ3) is 3.85. The monoisotopic (exact) mass is 353 g/mol. The van der Waals surface area contributed by atoms with E-state index in [-0.39, 0.29) is 17.6 Å². The molecule has 0 spiro atoms. The molecule has 0 saturated heterocycles. The van der Waals surface area contributed by atoms with Gasteiger partial charge in [0.15, 0.2) is 0 Å². The number of rotatable bonds is 6. The van der Waals surface area contributed by atoms with Gasteiger partial charge in [-0.1, -0.05) is 44.2 Å². The van der Waals surface area contributed by atoms with Crippen LogP contribution in [0.25, 0.3) is 0 Å². The van der Waals surface area contributed by atoms with Crippen molar-refractivity contribution in [1.29, 1.82) is 0 Å². The molecule has 1 aliphatic heterocycles. The molecule has 26 heavy (non-hydrogen) atoms. The number of hydrogen-bond acceptors (Lipinski definition) is 3. The number of benzene rings is 2. The zero-order chi connectivity index (χ0) is 18.6. The molecule has 2 aromatic carbocycles. The smallest absolute Gasteiger partial charge is 0.224 e. The molecule has 1 heterocycles. The van der Waals surface area contributed by atoms with Gasteiger partial charge >= 0.3 is 0 Å². The number of hydrogen-bond donors (Lipinski definition) is 1. The van der Waals surface area contributed by atoms with E-state index in [4.69, 9.17) is 9.47 Å². The number of carbonyl (C=O) groups excluding carboxylic acids is 1. The first-order valence-electron chi connectivity index (χ1n) is 9.29. The van der Waals surface area contributed by atoms with Crippen LogP contribution in [-0.4, -0.2) is 18.6 Å². The summed E-state index contributed by atoms with van der Waals surface area (Å²) >= 11 is 0. The fourth-order valence-corrected chi connectivity index (χ4v) is 3.60. The molecular weight excluding hydrogens is 326 g/mol. The van der Waals surface area contributed by atoms with Crippen LogP contribution in [0.15, 0.2) is 48.5 Å². The van der Waals surface area contributed by atoms with E-state index < -0.39 is 0 Å². The van der Waals surface area contributed by atoms with Gasteiger partial charge in [0.2, 0.25) is 5.91 Å². The number of ether oxygens (including phenoxy) is 2. The van der Waals surface area contributed by atoms with Crippen LogP contribution in [0.2, 0.25) is 0 Å². The standard InChI is InChI=1S/C22H27NO3/c1-4-22(5-2)15-19(18-8-6-7-9-20(18)26-22)23-21(24)14-16-10-12-17(25-3)13-11-16/h6-13,19H,4-5,14-15H2,1-3H3,(H,23,24). The summed E-state index contributed by atoms with van der Waals surface area (Å²) in [6.45, 7) is 4.29. The molecule has 1 atom stereocenters. The maximum atomic E-state index is 12.6. The molecule has 0 saturated carbocycles. The predicted octanol–water partition coefficient (Wildman–Crippen LogP) is 4.44. The molecule has 1 aliphatic rings. The first-order valence-corrected chi connectivity index (χ1v) is 9.29. The van der Waals surface area contributed by atoms with Gasteiger partial charge in [-0.25, -0.2) is 0 Å². The van der Waals surface area contributed by atoms with Crippen LogP contribution < -0.4 is 14.8 Å². The lowest BCUT2D eigenvalue weighted by atomic mass is 9.83. The molecule has 0 aliphatic carbocycles. The fourth-order valence-electron chi connectivity index (χ4n) is 3.60. The number of para-hydroxylation sites is 1. The third-order valence-corrected chi connectivity index (χ3v) is 5.34. The highest BCUT2D eigenvalue weighted by atomic mass is 16.5. The second kappa shape index (κ2) is 7.81. The van der Waals surface area contributed by atoms with E-state index >= 15 is 0 Å². The zero-order valence-electron chi connectivity index (χ0n) is 15.7. The Morgan fingerprint density at radius 3 is 2.50 bits per heavy atom. The van der Waals surface area contributed by atoms with Crippen LogP contribution in [-0.2, 0) is 11.2 Å². The molecule has 0 bridgehead atoms. The Kier molecular flexibility index (Phi) is 5.50. The molecule has 0 aromatic heterocycles. The molecule has 1 amide bonds. The molecule has 2 aromatic rings. The minimum atomic E-state index is -0.216. The molecule has 138 valence electrons. The van der Waals surface area contributed by atoms with Crippen LogP contribution >= 0.6 is 0 Å². The molecule has 3 rings (SSSR count). The lowest BCUT2D eigenvalue weighted by Crippen LogP contribution is -2.44. The normalized spacial score (nSPS) is 17.7. The second-order valence-corrected chi connectivity index (χ2v) is 6.88. The molecule has 4 heteroatoms. The van der Waals surface area contributed by atoms with Crippen molar-refractivity contribution in [2.75, 3.05) is 7.11 Å². The Bertz CT molecular complexity index is 750. The van der Waals surface area contributed by atoms with Crippen LogP contribution in [0.3, 0.4) is 0 Å². The molecular formula is C22H27NO3. The number of methoxy groups -OCH3 is 1. The first-order chi connectivity index (χ1) is 12.6. The number of amides is 1. The van der Waals surface area contributed by atoms with Gasteiger partial charge in [0.25, 0.3) is 0 Å². The number of nitrogens with one attached hydrogen (secondary N) is 1. The summed E-state index contributed by atoms with van der Waals surface area (Å²) in [6.07, 6.45) is 2.99. The van der Waals surface area contributed by atoms with Crippen LogP contribution in [0.5, 0.6) is 11.5 Å². The van der Waals surface area contributed by atoms with Crippen LogP contribution in [0.1, 0.15) is 50.3 Å². The molecule has 1 unspecified atom stereocenters. The lowest BCUT2D eigenvalue weighted by Gasteiger charge is -2.41. The first kappa shape index (κ1) is 18.3. The fraction of sp³-hybridized carbons (Fsp3) is 0.409. The highest BCUT2D eigenvalue weighted by Crippen LogP contribution is 2.42. The lowest BCUT2D eigenvalue weighted by molar-refractivity contribution is -0.121. The summed E-state index contributed by atoms with van der Waals surface area (Å²) in [4.78, 5) is 12.6. The van der Waals surface area contributed by atoms with Crippen molar-refractivity contribution in [3.05, 3.63) is 59.7 Å². The van der Waals surface area contributed by atoms with E-state index in [1.54, 1.807) is 7.11 Å². The van der Waals surface area contributed by atoms with Crippen molar-refractivity contribution in [1.82, 2.24) is 5.32 Å². The van der Waals surface area contributed by atoms with Gasteiger partial charge in [0.05, 0.1) is 19.6 Å². The van der Waals surface area contributed by atoms with Gasteiger partial charge in [-0.05, 0) is 36.6 Å². The molecule has 1 N–H and O–H groups in total. The number of carbonyl (C=O) groups is 1. The second-order valence-electron chi connectivity index (χ2n) is 6.88. The van der Waals surface area contributed by atoms with Gasteiger partial charge in [-0.3, -0.25) is 4.79 Å². The van der Waals surface area contributed by atoms with E-state index in [0.29, 0.717) is 6.42 Å². The highest BCUT2D eigenvalue weighted by molar-refractivity contribution is 5.79. The summed E-state index contributed by atoms with van der Waals surface area (Å²) < 4.78 is 11.5. The van der Waals surface area contributed by atoms with Gasteiger partial charge in [-0.2, -0.15) is 0 Å². The number of fused-ring (bicyclic) bond motifs is 1. The van der Waals surface area contributed by atoms with Crippen molar-refractivity contribution in [3.63, 3.8) is 0 Å². The minimum absolute atomic E-state index is 0.0226. The molecule has 4 nitrogen and oxygen atoms in total. The van der Waals surface area contributed by atoms with Crippen molar-refractivity contribution in [2.24, 2.45) is 0 Å². The van der Waals surface area contributed by atoms with E-state index in [1.165, 1.54) is 0 Å². The van der Waals surface area contributed by atoms with Crippen molar-refractivity contribution < 1.29 is 14.3 Å². The average molecular weight is 353 g/mol. The summed E-state index contributed by atoms with van der Waals surface area (Å²) in [5.74, 6) is 1.71. The SMILES string of the molecule is CCC1(CC)CC(NC(=O)Cc2ccc(OC)cc2)c2ccccc2O1. The van der Waals surface area contributed by atoms with Gasteiger partial charge < -0.3 is 14.8 Å². The van der Waals surface area contributed by atoms with Crippen LogP contribution in [0, 0.1) is 0 Å². The largest absolute Gasteiger partial charge is 0.497 e. The highest BCUT2D eigenvalue weighted by Gasteiger charge is 2.38. The van der Waals surface area contributed by atoms with Crippen molar-refractivity contribution in [2.45, 2.75) is 51.2 Å². The van der Waals surface area contributed by atoms with E-state index in [2.05, 4.69) is 19.2 Å². The Labute approximate surface area is 155 Å². The van der Waals surface area contributed by atoms with Gasteiger partial charge in [0, 0.05) is 12.0 Å². The Morgan fingerprint density at radius 2 is 1.85 bits per heavy atom. The van der Waals surface area contributed by atoms with Gasteiger partial charge in [-0.15, -0.1) is 0 Å². The summed E-state index contributed by atoms with van der Waals surface area (Å²) in [7, 11) is 1.64. The van der Waals surface area contributed by atoms with Gasteiger partial charge in [0.1, 0.15) is 17.1 Å². The quantitative estimate of drug-likeness (QED) is 0.835. The van der Waals surface area contributed by atoms with Crippen molar-refractivity contribution >= 4 is 5.91 Å². The third-order valence-electron chi connectivity index (χ3n) is 5.34. The zero-order valence-corrected chi connectivity index (χ0v) is 15.7. The van der Waals surface area contributed by atoms with E-state index in [1.807, 2.05) is 48.5 Å². The maximum Gasteiger partial charge on any atom is 0.224 e. The average Bonchev–Trinajstić information content (AvgIpc) is 2.68.